The molecule has 1 saturated heterocycles. The van der Waals surface area contributed by atoms with E-state index in [4.69, 9.17) is 10.5 Å². The SMILES string of the molecule is Cc1c(-c2ccc(Oc3ccccc3)cc2)c2c(N)ncnc2n1[C@@H]1CCNC1. The molecule has 3 heterocycles. The van der Waals surface area contributed by atoms with Crippen LogP contribution in [0.3, 0.4) is 0 Å². The third-order valence-electron chi connectivity index (χ3n) is 5.58. The molecular weight excluding hydrogens is 362 g/mol. The second-order valence-electron chi connectivity index (χ2n) is 7.37. The zero-order valence-electron chi connectivity index (χ0n) is 16.3. The van der Waals surface area contributed by atoms with Gasteiger partial charge in [-0.05, 0) is 49.7 Å². The Morgan fingerprint density at radius 2 is 1.79 bits per heavy atom. The molecule has 6 nitrogen and oxygen atoms in total. The van der Waals surface area contributed by atoms with Crippen molar-refractivity contribution in [3.8, 4) is 22.6 Å². The largest absolute Gasteiger partial charge is 0.457 e. The second-order valence-corrected chi connectivity index (χ2v) is 7.37. The molecule has 0 radical (unpaired) electrons. The lowest BCUT2D eigenvalue weighted by Crippen LogP contribution is -2.14. The maximum absolute atomic E-state index is 6.30. The Bertz CT molecular complexity index is 1150. The number of anilines is 1. The van der Waals surface area contributed by atoms with Gasteiger partial charge in [-0.2, -0.15) is 0 Å². The first-order chi connectivity index (χ1) is 14.2. The van der Waals surface area contributed by atoms with E-state index in [2.05, 4.69) is 38.9 Å². The Kier molecular flexibility index (Phi) is 4.41. The number of nitrogens with one attached hydrogen (secondary N) is 1. The number of ether oxygens (including phenoxy) is 1. The standard InChI is InChI=1S/C23H23N5O/c1-15-20(16-7-9-19(10-8-16)29-18-5-3-2-4-6-18)21-22(24)26-14-27-23(21)28(15)17-11-12-25-13-17/h2-10,14,17,25H,11-13H2,1H3,(H2,24,26,27)/t17-/m1/s1. The topological polar surface area (TPSA) is 78.0 Å². The van der Waals surface area contributed by atoms with Crippen LogP contribution in [0.4, 0.5) is 5.82 Å². The second kappa shape index (κ2) is 7.22. The van der Waals surface area contributed by atoms with Gasteiger partial charge < -0.3 is 20.4 Å². The molecular formula is C23H23N5O. The van der Waals surface area contributed by atoms with Gasteiger partial charge in [-0.15, -0.1) is 0 Å². The molecule has 0 spiro atoms. The third-order valence-corrected chi connectivity index (χ3v) is 5.58. The normalized spacial score (nSPS) is 16.4. The van der Waals surface area contributed by atoms with Crippen LogP contribution in [0.25, 0.3) is 22.2 Å². The fourth-order valence-electron chi connectivity index (χ4n) is 4.25. The van der Waals surface area contributed by atoms with Gasteiger partial charge >= 0.3 is 0 Å². The molecule has 1 aliphatic heterocycles. The number of para-hydroxylation sites is 1. The van der Waals surface area contributed by atoms with Crippen LogP contribution in [0, 0.1) is 6.92 Å². The van der Waals surface area contributed by atoms with Crippen molar-refractivity contribution in [1.82, 2.24) is 19.9 Å². The van der Waals surface area contributed by atoms with Gasteiger partial charge in [0.2, 0.25) is 0 Å². The van der Waals surface area contributed by atoms with E-state index in [1.54, 1.807) is 6.33 Å². The summed E-state index contributed by atoms with van der Waals surface area (Å²) in [7, 11) is 0. The van der Waals surface area contributed by atoms with Crippen molar-refractivity contribution < 1.29 is 4.74 Å². The number of fused-ring (bicyclic) bond motifs is 1. The number of hydrogen-bond acceptors (Lipinski definition) is 5. The molecule has 0 bridgehead atoms. The highest BCUT2D eigenvalue weighted by molar-refractivity contribution is 6.02. The van der Waals surface area contributed by atoms with Gasteiger partial charge in [0.1, 0.15) is 29.3 Å². The van der Waals surface area contributed by atoms with Crippen molar-refractivity contribution in [2.75, 3.05) is 18.8 Å². The van der Waals surface area contributed by atoms with E-state index in [0.29, 0.717) is 11.9 Å². The molecule has 4 aromatic rings. The number of hydrogen-bond donors (Lipinski definition) is 2. The van der Waals surface area contributed by atoms with Gasteiger partial charge in [0.15, 0.2) is 0 Å². The maximum Gasteiger partial charge on any atom is 0.146 e. The van der Waals surface area contributed by atoms with E-state index in [1.165, 1.54) is 0 Å². The molecule has 5 rings (SSSR count). The maximum atomic E-state index is 6.30. The molecule has 0 aliphatic carbocycles. The van der Waals surface area contributed by atoms with Crippen LogP contribution in [-0.2, 0) is 0 Å². The van der Waals surface area contributed by atoms with E-state index >= 15 is 0 Å². The fourth-order valence-corrected chi connectivity index (χ4v) is 4.25. The van der Waals surface area contributed by atoms with Crippen LogP contribution in [0.2, 0.25) is 0 Å². The minimum atomic E-state index is 0.376. The van der Waals surface area contributed by atoms with Gasteiger partial charge in [-0.25, -0.2) is 9.97 Å². The van der Waals surface area contributed by atoms with E-state index in [9.17, 15) is 0 Å². The molecule has 2 aromatic carbocycles. The average Bonchev–Trinajstić information content (AvgIpc) is 3.36. The van der Waals surface area contributed by atoms with Crippen molar-refractivity contribution in [3.63, 3.8) is 0 Å². The molecule has 29 heavy (non-hydrogen) atoms. The number of nitrogen functional groups attached to an aromatic ring is 1. The monoisotopic (exact) mass is 385 g/mol. The van der Waals surface area contributed by atoms with Crippen LogP contribution in [0.5, 0.6) is 11.5 Å². The fraction of sp³-hybridized carbons (Fsp3) is 0.217. The summed E-state index contributed by atoms with van der Waals surface area (Å²) in [6.45, 7) is 4.10. The highest BCUT2D eigenvalue weighted by atomic mass is 16.5. The number of aromatic nitrogens is 3. The Morgan fingerprint density at radius 1 is 1.03 bits per heavy atom. The molecule has 0 amide bonds. The number of nitrogens with zero attached hydrogens (tertiary/aromatic N) is 3. The number of rotatable bonds is 4. The first kappa shape index (κ1) is 17.7. The van der Waals surface area contributed by atoms with Gasteiger partial charge in [0.25, 0.3) is 0 Å². The van der Waals surface area contributed by atoms with Crippen molar-refractivity contribution in [2.24, 2.45) is 0 Å². The first-order valence-electron chi connectivity index (χ1n) is 9.87. The van der Waals surface area contributed by atoms with Crippen molar-refractivity contribution in [2.45, 2.75) is 19.4 Å². The van der Waals surface area contributed by atoms with E-state index in [1.807, 2.05) is 42.5 Å². The van der Waals surface area contributed by atoms with Crippen LogP contribution in [0.1, 0.15) is 18.2 Å². The van der Waals surface area contributed by atoms with E-state index < -0.39 is 0 Å². The molecule has 1 aliphatic rings. The summed E-state index contributed by atoms with van der Waals surface area (Å²) in [6.07, 6.45) is 2.63. The quantitative estimate of drug-likeness (QED) is 0.547. The summed E-state index contributed by atoms with van der Waals surface area (Å²) < 4.78 is 8.25. The van der Waals surface area contributed by atoms with E-state index in [0.717, 1.165) is 58.9 Å². The molecule has 1 fully saturated rings. The van der Waals surface area contributed by atoms with Crippen molar-refractivity contribution in [1.29, 1.82) is 0 Å². The predicted molar refractivity (Wildman–Crippen MR) is 115 cm³/mol. The molecule has 1 atom stereocenters. The molecule has 0 saturated carbocycles. The van der Waals surface area contributed by atoms with Crippen molar-refractivity contribution in [3.05, 3.63) is 66.6 Å². The molecule has 3 N–H and O–H groups in total. The summed E-state index contributed by atoms with van der Waals surface area (Å²) in [5, 5.41) is 4.37. The van der Waals surface area contributed by atoms with Crippen LogP contribution in [-0.4, -0.2) is 27.6 Å². The first-order valence-corrected chi connectivity index (χ1v) is 9.87. The average molecular weight is 385 g/mol. The summed E-state index contributed by atoms with van der Waals surface area (Å²) in [4.78, 5) is 8.85. The summed E-state index contributed by atoms with van der Waals surface area (Å²) >= 11 is 0. The minimum absolute atomic E-state index is 0.376. The van der Waals surface area contributed by atoms with E-state index in [-0.39, 0.29) is 0 Å². The lowest BCUT2D eigenvalue weighted by Gasteiger charge is -2.15. The summed E-state index contributed by atoms with van der Waals surface area (Å²) in [5.74, 6) is 2.13. The van der Waals surface area contributed by atoms with Gasteiger partial charge in [-0.3, -0.25) is 0 Å². The smallest absolute Gasteiger partial charge is 0.146 e. The Hall–Kier alpha value is -3.38. The minimum Gasteiger partial charge on any atom is -0.457 e. The van der Waals surface area contributed by atoms with Crippen LogP contribution < -0.4 is 15.8 Å². The predicted octanol–water partition coefficient (Wildman–Crippen LogP) is 4.32. The Morgan fingerprint density at radius 3 is 2.52 bits per heavy atom. The van der Waals surface area contributed by atoms with Crippen molar-refractivity contribution >= 4 is 16.9 Å². The number of nitrogens with two attached hydrogens (primary N) is 1. The molecule has 2 aromatic heterocycles. The van der Waals surface area contributed by atoms with Gasteiger partial charge in [-0.1, -0.05) is 30.3 Å². The highest BCUT2D eigenvalue weighted by Gasteiger charge is 2.26. The summed E-state index contributed by atoms with van der Waals surface area (Å²) in [6, 6.07) is 18.3. The lowest BCUT2D eigenvalue weighted by molar-refractivity contribution is 0.483. The molecule has 0 unspecified atom stereocenters. The Balaban J connectivity index is 1.59. The summed E-state index contributed by atoms with van der Waals surface area (Å²) in [5.41, 5.74) is 10.5. The third kappa shape index (κ3) is 3.11. The Labute approximate surface area is 169 Å². The van der Waals surface area contributed by atoms with Gasteiger partial charge in [0.05, 0.1) is 5.39 Å². The molecule has 146 valence electrons. The van der Waals surface area contributed by atoms with Gasteiger partial charge in [0, 0.05) is 23.8 Å². The zero-order chi connectivity index (χ0) is 19.8. The van der Waals surface area contributed by atoms with Crippen LogP contribution >= 0.6 is 0 Å². The van der Waals surface area contributed by atoms with Crippen LogP contribution in [0.15, 0.2) is 60.9 Å². The highest BCUT2D eigenvalue weighted by Crippen LogP contribution is 2.39. The number of benzene rings is 2. The lowest BCUT2D eigenvalue weighted by atomic mass is 10.0. The molecule has 6 heteroatoms. The zero-order valence-corrected chi connectivity index (χ0v) is 16.3.